The van der Waals surface area contributed by atoms with Gasteiger partial charge in [0.1, 0.15) is 5.75 Å². The van der Waals surface area contributed by atoms with Crippen LogP contribution in [0.5, 0.6) is 5.75 Å². The Bertz CT molecular complexity index is 1310. The van der Waals surface area contributed by atoms with Crippen LogP contribution in [0.3, 0.4) is 0 Å². The zero-order valence-electron chi connectivity index (χ0n) is 18.2. The smallest absolute Gasteiger partial charge is 0.229 e. The summed E-state index contributed by atoms with van der Waals surface area (Å²) in [6.45, 7) is 1.24. The molecule has 0 saturated carbocycles. The number of halogens is 2. The number of thiazole rings is 1. The van der Waals surface area contributed by atoms with Gasteiger partial charge < -0.3 is 14.8 Å². The number of rotatable bonds is 6. The molecule has 0 bridgehead atoms. The lowest BCUT2D eigenvalue weighted by molar-refractivity contribution is -0.122. The van der Waals surface area contributed by atoms with Gasteiger partial charge in [-0.2, -0.15) is 0 Å². The SMILES string of the molecule is O=C(Nc1ncc(C(Oc2ccc3cc(Br)ccc3c2)c2ccc(Cl)cc2)s1)C1CCOCC1. The Hall–Kier alpha value is -2.45. The Kier molecular flexibility index (Phi) is 7.15. The molecule has 8 heteroatoms. The van der Waals surface area contributed by atoms with E-state index in [1.54, 1.807) is 6.20 Å². The number of hydrogen-bond donors (Lipinski definition) is 1. The maximum atomic E-state index is 12.6. The largest absolute Gasteiger partial charge is 0.480 e. The summed E-state index contributed by atoms with van der Waals surface area (Å²) in [5, 5.41) is 6.41. The van der Waals surface area contributed by atoms with Gasteiger partial charge in [-0.25, -0.2) is 4.98 Å². The first-order chi connectivity index (χ1) is 16.5. The third kappa shape index (κ3) is 5.44. The van der Waals surface area contributed by atoms with Crippen LogP contribution in [0.4, 0.5) is 5.13 Å². The van der Waals surface area contributed by atoms with Crippen LogP contribution in [0.1, 0.15) is 29.4 Å². The molecule has 1 saturated heterocycles. The zero-order valence-corrected chi connectivity index (χ0v) is 21.3. The number of carbonyl (C=O) groups excluding carboxylic acids is 1. The van der Waals surface area contributed by atoms with Crippen molar-refractivity contribution in [3.8, 4) is 5.75 Å². The molecule has 4 aromatic rings. The molecule has 0 spiro atoms. The quantitative estimate of drug-likeness (QED) is 0.271. The molecule has 174 valence electrons. The molecule has 1 aromatic heterocycles. The molecule has 1 aliphatic rings. The monoisotopic (exact) mass is 556 g/mol. The molecule has 0 radical (unpaired) electrons. The van der Waals surface area contributed by atoms with E-state index >= 15 is 0 Å². The van der Waals surface area contributed by atoms with Crippen molar-refractivity contribution in [3.63, 3.8) is 0 Å². The van der Waals surface area contributed by atoms with Crippen LogP contribution in [0.2, 0.25) is 5.02 Å². The van der Waals surface area contributed by atoms with Crippen molar-refractivity contribution >= 4 is 60.7 Å². The highest BCUT2D eigenvalue weighted by Crippen LogP contribution is 2.35. The van der Waals surface area contributed by atoms with E-state index in [1.807, 2.05) is 48.5 Å². The van der Waals surface area contributed by atoms with Crippen LogP contribution < -0.4 is 10.1 Å². The minimum atomic E-state index is -0.392. The van der Waals surface area contributed by atoms with Crippen LogP contribution in [0.15, 0.2) is 71.3 Å². The van der Waals surface area contributed by atoms with Gasteiger partial charge in [-0.1, -0.05) is 63.1 Å². The first-order valence-corrected chi connectivity index (χ1v) is 13.0. The summed E-state index contributed by atoms with van der Waals surface area (Å²) >= 11 is 11.1. The zero-order chi connectivity index (χ0) is 23.5. The molecule has 34 heavy (non-hydrogen) atoms. The Balaban J connectivity index is 1.41. The van der Waals surface area contributed by atoms with E-state index in [0.29, 0.717) is 23.4 Å². The molecule has 2 heterocycles. The van der Waals surface area contributed by atoms with Crippen LogP contribution in [-0.4, -0.2) is 24.1 Å². The summed E-state index contributed by atoms with van der Waals surface area (Å²) in [7, 11) is 0. The van der Waals surface area contributed by atoms with Gasteiger partial charge in [0, 0.05) is 34.8 Å². The minimum Gasteiger partial charge on any atom is -0.480 e. The topological polar surface area (TPSA) is 60.5 Å². The highest BCUT2D eigenvalue weighted by molar-refractivity contribution is 9.10. The average Bonchev–Trinajstić information content (AvgIpc) is 3.32. The van der Waals surface area contributed by atoms with E-state index in [1.165, 1.54) is 11.3 Å². The Morgan fingerprint density at radius 3 is 2.62 bits per heavy atom. The van der Waals surface area contributed by atoms with Gasteiger partial charge in [0.05, 0.1) is 4.88 Å². The van der Waals surface area contributed by atoms with E-state index in [4.69, 9.17) is 21.1 Å². The lowest BCUT2D eigenvalue weighted by Gasteiger charge is -2.20. The number of fused-ring (bicyclic) bond motifs is 1. The van der Waals surface area contributed by atoms with Crippen LogP contribution >= 0.6 is 38.9 Å². The first-order valence-electron chi connectivity index (χ1n) is 11.0. The molecule has 1 amide bonds. The fourth-order valence-corrected chi connectivity index (χ4v) is 5.35. The normalized spacial score (nSPS) is 15.2. The summed E-state index contributed by atoms with van der Waals surface area (Å²) in [5.41, 5.74) is 0.950. The van der Waals surface area contributed by atoms with E-state index < -0.39 is 6.10 Å². The lowest BCUT2D eigenvalue weighted by atomic mass is 10.00. The van der Waals surface area contributed by atoms with Gasteiger partial charge in [-0.3, -0.25) is 4.79 Å². The van der Waals surface area contributed by atoms with E-state index in [-0.39, 0.29) is 11.8 Å². The average molecular weight is 558 g/mol. The molecule has 5 rings (SSSR count). The van der Waals surface area contributed by atoms with Crippen molar-refractivity contribution in [3.05, 3.63) is 86.8 Å². The van der Waals surface area contributed by atoms with Gasteiger partial charge in [-0.05, 0) is 65.6 Å². The van der Waals surface area contributed by atoms with Crippen LogP contribution in [0, 0.1) is 5.92 Å². The third-order valence-corrected chi connectivity index (χ3v) is 7.51. The van der Waals surface area contributed by atoms with Crippen LogP contribution in [0.25, 0.3) is 10.8 Å². The molecule has 3 aromatic carbocycles. The molecule has 1 aliphatic heterocycles. The van der Waals surface area contributed by atoms with Gasteiger partial charge in [0.25, 0.3) is 0 Å². The number of hydrogen-bond acceptors (Lipinski definition) is 5. The summed E-state index contributed by atoms with van der Waals surface area (Å²) in [6.07, 6.45) is 2.84. The molecule has 1 atom stereocenters. The lowest BCUT2D eigenvalue weighted by Crippen LogP contribution is -2.28. The maximum absolute atomic E-state index is 12.6. The van der Waals surface area contributed by atoms with Crippen molar-refractivity contribution in [1.29, 1.82) is 0 Å². The summed E-state index contributed by atoms with van der Waals surface area (Å²) in [5.74, 6) is 0.701. The van der Waals surface area contributed by atoms with E-state index in [0.717, 1.165) is 44.3 Å². The molecule has 5 nitrogen and oxygen atoms in total. The predicted molar refractivity (Wildman–Crippen MR) is 140 cm³/mol. The first kappa shape index (κ1) is 23.3. The van der Waals surface area contributed by atoms with E-state index in [2.05, 4.69) is 38.4 Å². The summed E-state index contributed by atoms with van der Waals surface area (Å²) in [6, 6.07) is 19.8. The van der Waals surface area contributed by atoms with Crippen molar-refractivity contribution in [2.75, 3.05) is 18.5 Å². The van der Waals surface area contributed by atoms with E-state index in [9.17, 15) is 4.79 Å². The van der Waals surface area contributed by atoms with Gasteiger partial charge in [-0.15, -0.1) is 0 Å². The molecule has 0 aliphatic carbocycles. The number of aromatic nitrogens is 1. The van der Waals surface area contributed by atoms with Crippen molar-refractivity contribution in [1.82, 2.24) is 4.98 Å². The molecule has 1 unspecified atom stereocenters. The van der Waals surface area contributed by atoms with Crippen molar-refractivity contribution in [2.45, 2.75) is 18.9 Å². The highest BCUT2D eigenvalue weighted by Gasteiger charge is 2.24. The second-order valence-corrected chi connectivity index (χ2v) is 10.6. The third-order valence-electron chi connectivity index (χ3n) is 5.80. The second kappa shape index (κ2) is 10.4. The Morgan fingerprint density at radius 1 is 1.09 bits per heavy atom. The fourth-order valence-electron chi connectivity index (χ4n) is 3.96. The minimum absolute atomic E-state index is 0.00569. The fraction of sp³-hybridized carbons (Fsp3) is 0.231. The number of amides is 1. The predicted octanol–water partition coefficient (Wildman–Crippen LogP) is 7.25. The van der Waals surface area contributed by atoms with Crippen molar-refractivity contribution < 1.29 is 14.3 Å². The maximum Gasteiger partial charge on any atom is 0.229 e. The second-order valence-electron chi connectivity index (χ2n) is 8.15. The Labute approximate surface area is 215 Å². The number of carbonyl (C=O) groups is 1. The number of nitrogens with zero attached hydrogens (tertiary/aromatic N) is 1. The van der Waals surface area contributed by atoms with Gasteiger partial charge in [0.15, 0.2) is 11.2 Å². The number of ether oxygens (including phenoxy) is 2. The standard InChI is InChI=1S/C26H22BrClN2O3S/c27-20-5-1-19-14-22(8-4-18(19)13-20)33-24(16-2-6-21(28)7-3-16)23-15-29-26(34-23)30-25(31)17-9-11-32-12-10-17/h1-8,13-15,17,24H,9-12H2,(H,29,30,31). The molecule has 1 fully saturated rings. The molecular weight excluding hydrogens is 536 g/mol. The van der Waals surface area contributed by atoms with Crippen molar-refractivity contribution in [2.24, 2.45) is 5.92 Å². The number of nitrogens with one attached hydrogen (secondary N) is 1. The van der Waals surface area contributed by atoms with Crippen LogP contribution in [-0.2, 0) is 9.53 Å². The number of benzene rings is 3. The number of anilines is 1. The molecular formula is C26H22BrClN2O3S. The Morgan fingerprint density at radius 2 is 1.82 bits per heavy atom. The van der Waals surface area contributed by atoms with Gasteiger partial charge >= 0.3 is 0 Å². The molecule has 1 N–H and O–H groups in total. The summed E-state index contributed by atoms with van der Waals surface area (Å²) in [4.78, 5) is 18.0. The highest BCUT2D eigenvalue weighted by atomic mass is 79.9. The van der Waals surface area contributed by atoms with Gasteiger partial charge in [0.2, 0.25) is 5.91 Å². The summed E-state index contributed by atoms with van der Waals surface area (Å²) < 4.78 is 12.9.